The van der Waals surface area contributed by atoms with Crippen LogP contribution in [0.5, 0.6) is 0 Å². The third kappa shape index (κ3) is 3.49. The SMILES string of the molecule is CCOC(=O)C1CCCN1S(=O)(=O)c1cc(Br)ccc1Br. The molecule has 116 valence electrons. The van der Waals surface area contributed by atoms with E-state index in [9.17, 15) is 13.2 Å². The summed E-state index contributed by atoms with van der Waals surface area (Å²) < 4.78 is 32.9. The van der Waals surface area contributed by atoms with Gasteiger partial charge in [-0.2, -0.15) is 4.31 Å². The number of sulfonamides is 1. The Bertz CT molecular complexity index is 648. The van der Waals surface area contributed by atoms with Crippen LogP contribution in [0.4, 0.5) is 0 Å². The van der Waals surface area contributed by atoms with E-state index in [-0.39, 0.29) is 11.5 Å². The van der Waals surface area contributed by atoms with Crippen molar-refractivity contribution >= 4 is 47.9 Å². The molecule has 0 aliphatic carbocycles. The lowest BCUT2D eigenvalue weighted by Crippen LogP contribution is -2.41. The summed E-state index contributed by atoms with van der Waals surface area (Å²) in [5.74, 6) is -0.482. The normalized spacial score (nSPS) is 19.7. The minimum Gasteiger partial charge on any atom is -0.465 e. The van der Waals surface area contributed by atoms with Crippen LogP contribution >= 0.6 is 31.9 Å². The van der Waals surface area contributed by atoms with Gasteiger partial charge in [0.1, 0.15) is 6.04 Å². The van der Waals surface area contributed by atoms with Gasteiger partial charge in [0.15, 0.2) is 0 Å². The Morgan fingerprint density at radius 2 is 2.14 bits per heavy atom. The molecule has 1 fully saturated rings. The molecule has 0 N–H and O–H groups in total. The van der Waals surface area contributed by atoms with Crippen molar-refractivity contribution in [3.05, 3.63) is 27.1 Å². The van der Waals surface area contributed by atoms with E-state index in [1.807, 2.05) is 0 Å². The van der Waals surface area contributed by atoms with Gasteiger partial charge < -0.3 is 4.74 Å². The predicted molar refractivity (Wildman–Crippen MR) is 85.4 cm³/mol. The maximum atomic E-state index is 12.8. The average molecular weight is 441 g/mol. The van der Waals surface area contributed by atoms with E-state index in [4.69, 9.17) is 4.74 Å². The van der Waals surface area contributed by atoms with Gasteiger partial charge in [-0.3, -0.25) is 4.79 Å². The number of carbonyl (C=O) groups is 1. The van der Waals surface area contributed by atoms with E-state index in [1.54, 1.807) is 19.1 Å². The molecule has 21 heavy (non-hydrogen) atoms. The topological polar surface area (TPSA) is 63.7 Å². The Kier molecular flexibility index (Phi) is 5.45. The highest BCUT2D eigenvalue weighted by molar-refractivity contribution is 9.11. The zero-order valence-electron chi connectivity index (χ0n) is 11.4. The van der Waals surface area contributed by atoms with Crippen molar-refractivity contribution in [2.75, 3.05) is 13.2 Å². The summed E-state index contributed by atoms with van der Waals surface area (Å²) in [6.07, 6.45) is 1.14. The van der Waals surface area contributed by atoms with Gasteiger partial charge >= 0.3 is 5.97 Å². The molecule has 1 aromatic carbocycles. The quantitative estimate of drug-likeness (QED) is 0.675. The fraction of sp³-hybridized carbons (Fsp3) is 0.462. The molecule has 1 aliphatic rings. The van der Waals surface area contributed by atoms with Gasteiger partial charge in [-0.15, -0.1) is 0 Å². The lowest BCUT2D eigenvalue weighted by Gasteiger charge is -2.23. The van der Waals surface area contributed by atoms with E-state index in [0.29, 0.717) is 28.3 Å². The fourth-order valence-electron chi connectivity index (χ4n) is 2.30. The number of ether oxygens (including phenoxy) is 1. The summed E-state index contributed by atoms with van der Waals surface area (Å²) in [6.45, 7) is 2.27. The van der Waals surface area contributed by atoms with Crippen LogP contribution in [0.15, 0.2) is 32.0 Å². The molecule has 1 unspecified atom stereocenters. The van der Waals surface area contributed by atoms with Gasteiger partial charge in [0, 0.05) is 15.5 Å². The maximum absolute atomic E-state index is 12.8. The van der Waals surface area contributed by atoms with Crippen molar-refractivity contribution in [2.24, 2.45) is 0 Å². The second-order valence-corrected chi connectivity index (χ2v) is 8.23. The van der Waals surface area contributed by atoms with Crippen molar-refractivity contribution in [3.8, 4) is 0 Å². The smallest absolute Gasteiger partial charge is 0.324 e. The number of hydrogen-bond acceptors (Lipinski definition) is 4. The molecular formula is C13H15Br2NO4S. The summed E-state index contributed by atoms with van der Waals surface area (Å²) in [7, 11) is -3.75. The monoisotopic (exact) mass is 439 g/mol. The summed E-state index contributed by atoms with van der Waals surface area (Å²) in [6, 6.07) is 4.20. The molecule has 5 nitrogen and oxygen atoms in total. The highest BCUT2D eigenvalue weighted by atomic mass is 79.9. The van der Waals surface area contributed by atoms with Gasteiger partial charge in [-0.1, -0.05) is 15.9 Å². The Morgan fingerprint density at radius 1 is 1.43 bits per heavy atom. The zero-order valence-corrected chi connectivity index (χ0v) is 15.4. The highest BCUT2D eigenvalue weighted by Crippen LogP contribution is 2.32. The van der Waals surface area contributed by atoms with E-state index >= 15 is 0 Å². The van der Waals surface area contributed by atoms with Crippen LogP contribution in [0.2, 0.25) is 0 Å². The molecule has 0 saturated carbocycles. The average Bonchev–Trinajstić information content (AvgIpc) is 2.92. The van der Waals surface area contributed by atoms with E-state index in [1.165, 1.54) is 10.4 Å². The molecule has 0 amide bonds. The lowest BCUT2D eigenvalue weighted by molar-refractivity contribution is -0.146. The molecule has 1 saturated heterocycles. The second kappa shape index (κ2) is 6.76. The Labute approximate surface area is 141 Å². The van der Waals surface area contributed by atoms with Gasteiger partial charge in [0.05, 0.1) is 11.5 Å². The third-order valence-electron chi connectivity index (χ3n) is 3.24. The van der Waals surface area contributed by atoms with Gasteiger partial charge in [-0.25, -0.2) is 8.42 Å². The summed E-state index contributed by atoms with van der Waals surface area (Å²) in [4.78, 5) is 12.1. The molecule has 1 aliphatic heterocycles. The molecule has 0 bridgehead atoms. The van der Waals surface area contributed by atoms with Crippen molar-refractivity contribution in [2.45, 2.75) is 30.7 Å². The van der Waals surface area contributed by atoms with Crippen LogP contribution in [-0.4, -0.2) is 37.9 Å². The van der Waals surface area contributed by atoms with Gasteiger partial charge in [0.2, 0.25) is 10.0 Å². The van der Waals surface area contributed by atoms with Crippen molar-refractivity contribution in [3.63, 3.8) is 0 Å². The molecule has 1 heterocycles. The number of halogens is 2. The first-order valence-electron chi connectivity index (χ1n) is 6.51. The molecule has 0 radical (unpaired) electrons. The predicted octanol–water partition coefficient (Wildman–Crippen LogP) is 2.93. The van der Waals surface area contributed by atoms with E-state index in [0.717, 1.165) is 0 Å². The molecule has 0 aromatic heterocycles. The van der Waals surface area contributed by atoms with E-state index in [2.05, 4.69) is 31.9 Å². The number of benzene rings is 1. The molecule has 0 spiro atoms. The highest BCUT2D eigenvalue weighted by Gasteiger charge is 2.41. The molecule has 8 heteroatoms. The van der Waals surface area contributed by atoms with E-state index < -0.39 is 22.0 Å². The van der Waals surface area contributed by atoms with Gasteiger partial charge in [-0.05, 0) is 53.9 Å². The van der Waals surface area contributed by atoms with Crippen LogP contribution < -0.4 is 0 Å². The molecule has 1 aromatic rings. The molecular weight excluding hydrogens is 426 g/mol. The number of rotatable bonds is 4. The summed E-state index contributed by atoms with van der Waals surface area (Å²) in [5.41, 5.74) is 0. The van der Waals surface area contributed by atoms with Gasteiger partial charge in [0.25, 0.3) is 0 Å². The number of nitrogens with zero attached hydrogens (tertiary/aromatic N) is 1. The first-order valence-corrected chi connectivity index (χ1v) is 9.54. The summed E-state index contributed by atoms with van der Waals surface area (Å²) in [5, 5.41) is 0. The van der Waals surface area contributed by atoms with Crippen LogP contribution in [0.1, 0.15) is 19.8 Å². The van der Waals surface area contributed by atoms with Crippen LogP contribution in [0.3, 0.4) is 0 Å². The number of hydrogen-bond donors (Lipinski definition) is 0. The second-order valence-electron chi connectivity index (χ2n) is 4.60. The Balaban J connectivity index is 2.38. The lowest BCUT2D eigenvalue weighted by atomic mass is 10.2. The van der Waals surface area contributed by atoms with Crippen molar-refractivity contribution in [1.29, 1.82) is 0 Å². The third-order valence-corrected chi connectivity index (χ3v) is 6.64. The molecule has 2 rings (SSSR count). The Morgan fingerprint density at radius 3 is 2.81 bits per heavy atom. The van der Waals surface area contributed by atoms with Crippen molar-refractivity contribution < 1.29 is 17.9 Å². The van der Waals surface area contributed by atoms with Crippen LogP contribution in [-0.2, 0) is 19.6 Å². The van der Waals surface area contributed by atoms with Crippen LogP contribution in [0.25, 0.3) is 0 Å². The standard InChI is InChI=1S/C13H15Br2NO4S/c1-2-20-13(17)11-4-3-7-16(11)21(18,19)12-8-9(14)5-6-10(12)15/h5-6,8,11H,2-4,7H2,1H3. The Hall–Kier alpha value is -0.440. The number of carbonyl (C=O) groups excluding carboxylic acids is 1. The minimum atomic E-state index is -3.75. The maximum Gasteiger partial charge on any atom is 0.324 e. The van der Waals surface area contributed by atoms with Crippen molar-refractivity contribution in [1.82, 2.24) is 4.31 Å². The zero-order chi connectivity index (χ0) is 15.6. The first kappa shape index (κ1) is 16.9. The molecule has 1 atom stereocenters. The summed E-state index contributed by atoms with van der Waals surface area (Å²) >= 11 is 6.53. The van der Waals surface area contributed by atoms with Crippen LogP contribution in [0, 0.1) is 0 Å². The number of esters is 1. The fourth-order valence-corrected chi connectivity index (χ4v) is 5.41. The minimum absolute atomic E-state index is 0.146. The first-order chi connectivity index (χ1) is 9.87. The largest absolute Gasteiger partial charge is 0.465 e.